The van der Waals surface area contributed by atoms with Crippen molar-refractivity contribution in [3.05, 3.63) is 88.9 Å². The van der Waals surface area contributed by atoms with Crippen molar-refractivity contribution in [2.24, 2.45) is 0 Å². The number of nitrogens with one attached hydrogen (secondary N) is 1. The van der Waals surface area contributed by atoms with Crippen LogP contribution < -0.4 is 5.32 Å². The summed E-state index contributed by atoms with van der Waals surface area (Å²) in [5, 5.41) is 3.48. The number of para-hydroxylation sites is 1. The average Bonchev–Trinajstić information content (AvgIpc) is 2.62. The van der Waals surface area contributed by atoms with Gasteiger partial charge >= 0.3 is 0 Å². The summed E-state index contributed by atoms with van der Waals surface area (Å²) in [5.74, 6) is -0.352. The van der Waals surface area contributed by atoms with Crippen LogP contribution in [0.2, 0.25) is 5.02 Å². The molecule has 0 heterocycles. The highest BCUT2D eigenvalue weighted by Gasteiger charge is 2.12. The van der Waals surface area contributed by atoms with E-state index < -0.39 is 0 Å². The predicted molar refractivity (Wildman–Crippen MR) is 101 cm³/mol. The van der Waals surface area contributed by atoms with Crippen LogP contribution in [0.3, 0.4) is 0 Å². The number of rotatable bonds is 4. The Hall–Kier alpha value is -2.91. The molecule has 1 amide bonds. The molecule has 0 atom stereocenters. The lowest BCUT2D eigenvalue weighted by atomic mass is 10.0. The van der Waals surface area contributed by atoms with Gasteiger partial charge in [-0.3, -0.25) is 9.59 Å². The minimum atomic E-state index is -0.260. The van der Waals surface area contributed by atoms with Gasteiger partial charge in [0.25, 0.3) is 5.91 Å². The lowest BCUT2D eigenvalue weighted by Gasteiger charge is -2.10. The molecule has 3 aromatic rings. The molecule has 0 bridgehead atoms. The summed E-state index contributed by atoms with van der Waals surface area (Å²) in [5.41, 5.74) is 3.42. The van der Waals surface area contributed by atoms with Crippen molar-refractivity contribution >= 4 is 29.0 Å². The Balaban J connectivity index is 1.87. The van der Waals surface area contributed by atoms with Crippen LogP contribution in [0, 0.1) is 0 Å². The van der Waals surface area contributed by atoms with Gasteiger partial charge in [0.2, 0.25) is 0 Å². The topological polar surface area (TPSA) is 46.2 Å². The molecule has 0 aliphatic rings. The van der Waals surface area contributed by atoms with Crippen LogP contribution in [0.4, 0.5) is 5.69 Å². The van der Waals surface area contributed by atoms with Crippen molar-refractivity contribution in [3.63, 3.8) is 0 Å². The van der Waals surface area contributed by atoms with E-state index in [-0.39, 0.29) is 11.7 Å². The first-order valence-electron chi connectivity index (χ1n) is 7.82. The summed E-state index contributed by atoms with van der Waals surface area (Å²) in [6.07, 6.45) is 0. The third-order valence-corrected chi connectivity index (χ3v) is 4.11. The van der Waals surface area contributed by atoms with Gasteiger partial charge in [0.15, 0.2) is 5.78 Å². The van der Waals surface area contributed by atoms with Crippen molar-refractivity contribution in [1.82, 2.24) is 0 Å². The number of carbonyl (C=O) groups is 2. The number of benzene rings is 3. The standard InChI is InChI=1S/C21H16ClNO2/c1-14(24)19-7-2-3-8-20(19)23-21(25)17-6-4-5-16(13-17)15-9-11-18(22)12-10-15/h2-13H,1H3,(H,23,25). The number of ketones is 1. The first-order chi connectivity index (χ1) is 12.0. The van der Waals surface area contributed by atoms with Gasteiger partial charge in [-0.15, -0.1) is 0 Å². The number of hydrogen-bond donors (Lipinski definition) is 1. The molecular formula is C21H16ClNO2. The molecule has 1 N–H and O–H groups in total. The van der Waals surface area contributed by atoms with Gasteiger partial charge in [-0.1, -0.05) is 48.0 Å². The zero-order valence-corrected chi connectivity index (χ0v) is 14.4. The SMILES string of the molecule is CC(=O)c1ccccc1NC(=O)c1cccc(-c2ccc(Cl)cc2)c1. The molecule has 0 aliphatic carbocycles. The Morgan fingerprint density at radius 3 is 2.28 bits per heavy atom. The van der Waals surface area contributed by atoms with Crippen molar-refractivity contribution in [2.75, 3.05) is 5.32 Å². The predicted octanol–water partition coefficient (Wildman–Crippen LogP) is 5.46. The quantitative estimate of drug-likeness (QED) is 0.635. The molecule has 3 nitrogen and oxygen atoms in total. The van der Waals surface area contributed by atoms with E-state index in [1.54, 1.807) is 30.3 Å². The lowest BCUT2D eigenvalue weighted by molar-refractivity contribution is 0.101. The molecule has 124 valence electrons. The summed E-state index contributed by atoms with van der Waals surface area (Å²) in [6.45, 7) is 1.48. The van der Waals surface area contributed by atoms with Gasteiger partial charge in [-0.25, -0.2) is 0 Å². The van der Waals surface area contributed by atoms with E-state index in [9.17, 15) is 9.59 Å². The molecule has 0 unspecified atom stereocenters. The molecule has 0 aliphatic heterocycles. The maximum absolute atomic E-state index is 12.6. The van der Waals surface area contributed by atoms with Gasteiger partial charge in [0, 0.05) is 16.1 Å². The Bertz CT molecular complexity index is 933. The van der Waals surface area contributed by atoms with Gasteiger partial charge in [-0.05, 0) is 54.4 Å². The summed E-state index contributed by atoms with van der Waals surface area (Å²) in [6, 6.07) is 21.7. The molecule has 0 radical (unpaired) electrons. The number of anilines is 1. The van der Waals surface area contributed by atoms with E-state index in [0.29, 0.717) is 21.8 Å². The Labute approximate surface area is 151 Å². The highest BCUT2D eigenvalue weighted by molar-refractivity contribution is 6.30. The molecule has 25 heavy (non-hydrogen) atoms. The van der Waals surface area contributed by atoms with Crippen LogP contribution in [0.25, 0.3) is 11.1 Å². The zero-order chi connectivity index (χ0) is 17.8. The summed E-state index contributed by atoms with van der Waals surface area (Å²) >= 11 is 5.92. The molecule has 3 rings (SSSR count). The van der Waals surface area contributed by atoms with Crippen LogP contribution in [0.5, 0.6) is 0 Å². The average molecular weight is 350 g/mol. The fraction of sp³-hybridized carbons (Fsp3) is 0.0476. The second-order valence-electron chi connectivity index (χ2n) is 5.64. The third-order valence-electron chi connectivity index (χ3n) is 3.86. The molecular weight excluding hydrogens is 334 g/mol. The number of hydrogen-bond acceptors (Lipinski definition) is 2. The zero-order valence-electron chi connectivity index (χ0n) is 13.6. The van der Waals surface area contributed by atoms with Crippen LogP contribution in [-0.4, -0.2) is 11.7 Å². The molecule has 4 heteroatoms. The Kier molecular flexibility index (Phi) is 4.96. The third kappa shape index (κ3) is 3.95. The largest absolute Gasteiger partial charge is 0.321 e. The molecule has 0 saturated heterocycles. The minimum Gasteiger partial charge on any atom is -0.321 e. The molecule has 3 aromatic carbocycles. The molecule has 0 fully saturated rings. The highest BCUT2D eigenvalue weighted by atomic mass is 35.5. The van der Waals surface area contributed by atoms with Crippen LogP contribution in [-0.2, 0) is 0 Å². The number of amides is 1. The summed E-state index contributed by atoms with van der Waals surface area (Å²) < 4.78 is 0. The summed E-state index contributed by atoms with van der Waals surface area (Å²) in [7, 11) is 0. The van der Waals surface area contributed by atoms with E-state index in [2.05, 4.69) is 5.32 Å². The van der Waals surface area contributed by atoms with E-state index in [0.717, 1.165) is 11.1 Å². The van der Waals surface area contributed by atoms with Crippen LogP contribution >= 0.6 is 11.6 Å². The first kappa shape index (κ1) is 16.9. The smallest absolute Gasteiger partial charge is 0.255 e. The summed E-state index contributed by atoms with van der Waals surface area (Å²) in [4.78, 5) is 24.3. The first-order valence-corrected chi connectivity index (χ1v) is 8.20. The number of halogens is 1. The number of Topliss-reactive ketones (excluding diaryl/α,β-unsaturated/α-hetero) is 1. The molecule has 0 spiro atoms. The van der Waals surface area contributed by atoms with Gasteiger partial charge in [-0.2, -0.15) is 0 Å². The fourth-order valence-corrected chi connectivity index (χ4v) is 2.70. The van der Waals surface area contributed by atoms with E-state index in [1.165, 1.54) is 6.92 Å². The molecule has 0 aromatic heterocycles. The maximum atomic E-state index is 12.6. The lowest BCUT2D eigenvalue weighted by Crippen LogP contribution is -2.14. The Morgan fingerprint density at radius 2 is 1.56 bits per heavy atom. The van der Waals surface area contributed by atoms with Crippen molar-refractivity contribution in [1.29, 1.82) is 0 Å². The van der Waals surface area contributed by atoms with E-state index >= 15 is 0 Å². The monoisotopic (exact) mass is 349 g/mol. The molecule has 0 saturated carbocycles. The Morgan fingerprint density at radius 1 is 0.840 bits per heavy atom. The van der Waals surface area contributed by atoms with Crippen molar-refractivity contribution < 1.29 is 9.59 Å². The number of carbonyl (C=O) groups excluding carboxylic acids is 2. The minimum absolute atomic E-state index is 0.0918. The highest BCUT2D eigenvalue weighted by Crippen LogP contribution is 2.23. The van der Waals surface area contributed by atoms with E-state index in [4.69, 9.17) is 11.6 Å². The van der Waals surface area contributed by atoms with Gasteiger partial charge < -0.3 is 5.32 Å². The van der Waals surface area contributed by atoms with Crippen LogP contribution in [0.1, 0.15) is 27.6 Å². The van der Waals surface area contributed by atoms with Gasteiger partial charge in [0.05, 0.1) is 5.69 Å². The van der Waals surface area contributed by atoms with Gasteiger partial charge in [0.1, 0.15) is 0 Å². The second-order valence-corrected chi connectivity index (χ2v) is 6.08. The maximum Gasteiger partial charge on any atom is 0.255 e. The van der Waals surface area contributed by atoms with E-state index in [1.807, 2.05) is 42.5 Å². The fourth-order valence-electron chi connectivity index (χ4n) is 2.58. The van der Waals surface area contributed by atoms with Crippen molar-refractivity contribution in [3.8, 4) is 11.1 Å². The normalized spacial score (nSPS) is 10.3. The van der Waals surface area contributed by atoms with Crippen molar-refractivity contribution in [2.45, 2.75) is 6.92 Å². The van der Waals surface area contributed by atoms with Crippen LogP contribution in [0.15, 0.2) is 72.8 Å². The second kappa shape index (κ2) is 7.32.